The Labute approximate surface area is 99.2 Å². The highest BCUT2D eigenvalue weighted by atomic mass is 32.1. The van der Waals surface area contributed by atoms with E-state index < -0.39 is 11.9 Å². The number of halogens is 1. The maximum atomic E-state index is 12.9. The second kappa shape index (κ2) is 4.46. The number of carbonyl (C=O) groups excluding carboxylic acids is 2. The van der Waals surface area contributed by atoms with Crippen LogP contribution in [0.1, 0.15) is 0 Å². The van der Waals surface area contributed by atoms with Gasteiger partial charge < -0.3 is 4.74 Å². The number of hydrogen-bond donors (Lipinski definition) is 1. The van der Waals surface area contributed by atoms with Crippen molar-refractivity contribution in [1.82, 2.24) is 4.98 Å². The second-order valence-electron chi connectivity index (χ2n) is 3.08. The van der Waals surface area contributed by atoms with E-state index in [9.17, 15) is 14.0 Å². The van der Waals surface area contributed by atoms with Gasteiger partial charge in [0.1, 0.15) is 5.82 Å². The Morgan fingerprint density at radius 3 is 2.94 bits per heavy atom. The zero-order valence-corrected chi connectivity index (χ0v) is 9.51. The van der Waals surface area contributed by atoms with E-state index in [1.165, 1.54) is 18.2 Å². The molecule has 0 saturated heterocycles. The minimum absolute atomic E-state index is 0.223. The number of nitrogens with zero attached hydrogens (tertiary/aromatic N) is 1. The maximum absolute atomic E-state index is 12.9. The molecule has 1 amide bonds. The number of methoxy groups -OCH3 is 1. The summed E-state index contributed by atoms with van der Waals surface area (Å²) in [5, 5.41) is 2.50. The third-order valence-electron chi connectivity index (χ3n) is 1.94. The van der Waals surface area contributed by atoms with Crippen LogP contribution in [0.4, 0.5) is 9.52 Å². The van der Waals surface area contributed by atoms with Gasteiger partial charge in [0.25, 0.3) is 0 Å². The predicted molar refractivity (Wildman–Crippen MR) is 60.2 cm³/mol. The molecule has 1 heterocycles. The van der Waals surface area contributed by atoms with Crippen LogP contribution in [0.25, 0.3) is 10.2 Å². The number of hydrogen-bond acceptors (Lipinski definition) is 5. The molecule has 0 aliphatic carbocycles. The molecule has 0 saturated carbocycles. The normalized spacial score (nSPS) is 10.2. The van der Waals surface area contributed by atoms with Crippen molar-refractivity contribution in [2.45, 2.75) is 0 Å². The fourth-order valence-corrected chi connectivity index (χ4v) is 2.08. The molecule has 1 N–H and O–H groups in total. The summed E-state index contributed by atoms with van der Waals surface area (Å²) in [6.07, 6.45) is 0. The number of ether oxygens (including phenoxy) is 1. The van der Waals surface area contributed by atoms with E-state index >= 15 is 0 Å². The monoisotopic (exact) mass is 254 g/mol. The third kappa shape index (κ3) is 2.39. The van der Waals surface area contributed by atoms with Crippen LogP contribution in [0.3, 0.4) is 0 Å². The van der Waals surface area contributed by atoms with Crippen LogP contribution in [-0.2, 0) is 14.3 Å². The van der Waals surface area contributed by atoms with Gasteiger partial charge >= 0.3 is 11.9 Å². The number of esters is 1. The summed E-state index contributed by atoms with van der Waals surface area (Å²) in [6.45, 7) is 0. The van der Waals surface area contributed by atoms with Crippen LogP contribution in [0.2, 0.25) is 0 Å². The van der Waals surface area contributed by atoms with E-state index in [1.807, 2.05) is 0 Å². The molecule has 0 unspecified atom stereocenters. The lowest BCUT2D eigenvalue weighted by Gasteiger charge is -1.97. The summed E-state index contributed by atoms with van der Waals surface area (Å²) in [5.74, 6) is -2.30. The third-order valence-corrected chi connectivity index (χ3v) is 2.88. The highest BCUT2D eigenvalue weighted by Gasteiger charge is 2.16. The number of amides is 1. The number of anilines is 1. The van der Waals surface area contributed by atoms with Crippen LogP contribution in [-0.4, -0.2) is 24.0 Å². The predicted octanol–water partition coefficient (Wildman–Crippen LogP) is 1.55. The molecule has 5 nitrogen and oxygen atoms in total. The first-order chi connectivity index (χ1) is 8.10. The molecule has 1 aromatic carbocycles. The minimum atomic E-state index is -1.00. The average molecular weight is 254 g/mol. The van der Waals surface area contributed by atoms with Crippen molar-refractivity contribution < 1.29 is 18.7 Å². The first-order valence-corrected chi connectivity index (χ1v) is 5.37. The SMILES string of the molecule is COC(=O)C(=O)Nc1nc2ccc(F)cc2s1. The lowest BCUT2D eigenvalue weighted by Crippen LogP contribution is -2.23. The van der Waals surface area contributed by atoms with E-state index in [4.69, 9.17) is 0 Å². The summed E-state index contributed by atoms with van der Waals surface area (Å²) in [6, 6.07) is 4.07. The standard InChI is InChI=1S/C10H7FN2O3S/c1-16-9(15)8(14)13-10-12-6-3-2-5(11)4-7(6)17-10/h2-4H,1H3,(H,12,13,14). The quantitative estimate of drug-likeness (QED) is 0.619. The summed E-state index contributed by atoms with van der Waals surface area (Å²) >= 11 is 1.08. The van der Waals surface area contributed by atoms with Gasteiger partial charge in [-0.25, -0.2) is 14.2 Å². The van der Waals surface area contributed by atoms with Crippen LogP contribution in [0.15, 0.2) is 18.2 Å². The smallest absolute Gasteiger partial charge is 0.396 e. The molecular weight excluding hydrogens is 247 g/mol. The van der Waals surface area contributed by atoms with E-state index in [2.05, 4.69) is 15.0 Å². The summed E-state index contributed by atoms with van der Waals surface area (Å²) in [5.41, 5.74) is 0.552. The Morgan fingerprint density at radius 1 is 1.47 bits per heavy atom. The highest BCUT2D eigenvalue weighted by molar-refractivity contribution is 7.22. The summed E-state index contributed by atoms with van der Waals surface area (Å²) in [7, 11) is 1.11. The van der Waals surface area contributed by atoms with E-state index in [1.54, 1.807) is 0 Å². The highest BCUT2D eigenvalue weighted by Crippen LogP contribution is 2.26. The van der Waals surface area contributed by atoms with E-state index in [0.717, 1.165) is 18.4 Å². The van der Waals surface area contributed by atoms with Crippen molar-refractivity contribution >= 4 is 38.6 Å². The lowest BCUT2D eigenvalue weighted by atomic mass is 10.3. The molecule has 1 aromatic heterocycles. The molecule has 0 aliphatic heterocycles. The van der Waals surface area contributed by atoms with Gasteiger partial charge in [0, 0.05) is 0 Å². The fraction of sp³-hybridized carbons (Fsp3) is 0.100. The number of benzene rings is 1. The van der Waals surface area contributed by atoms with Crippen LogP contribution in [0, 0.1) is 5.82 Å². The van der Waals surface area contributed by atoms with Crippen LogP contribution in [0.5, 0.6) is 0 Å². The zero-order valence-electron chi connectivity index (χ0n) is 8.69. The molecule has 17 heavy (non-hydrogen) atoms. The molecule has 0 radical (unpaired) electrons. The van der Waals surface area contributed by atoms with E-state index in [0.29, 0.717) is 10.2 Å². The molecule has 0 atom stereocenters. The topological polar surface area (TPSA) is 68.3 Å². The largest absolute Gasteiger partial charge is 0.462 e. The second-order valence-corrected chi connectivity index (χ2v) is 4.11. The van der Waals surface area contributed by atoms with Crippen LogP contribution < -0.4 is 5.32 Å². The number of rotatable bonds is 1. The first kappa shape index (κ1) is 11.5. The van der Waals surface area contributed by atoms with Crippen molar-refractivity contribution in [3.8, 4) is 0 Å². The molecule has 2 aromatic rings. The van der Waals surface area contributed by atoms with Crippen molar-refractivity contribution in [1.29, 1.82) is 0 Å². The number of carbonyl (C=O) groups is 2. The van der Waals surface area contributed by atoms with Gasteiger partial charge in [-0.05, 0) is 18.2 Å². The molecule has 7 heteroatoms. The van der Waals surface area contributed by atoms with Crippen molar-refractivity contribution in [2.75, 3.05) is 12.4 Å². The van der Waals surface area contributed by atoms with Crippen LogP contribution >= 0.6 is 11.3 Å². The zero-order chi connectivity index (χ0) is 12.4. The van der Waals surface area contributed by atoms with Gasteiger partial charge in [0.15, 0.2) is 5.13 Å². The molecule has 88 valence electrons. The minimum Gasteiger partial charge on any atom is -0.462 e. The Balaban J connectivity index is 2.25. The first-order valence-electron chi connectivity index (χ1n) is 4.55. The molecule has 0 bridgehead atoms. The summed E-state index contributed by atoms with van der Waals surface area (Å²) in [4.78, 5) is 26.1. The van der Waals surface area contributed by atoms with E-state index in [-0.39, 0.29) is 10.9 Å². The fourth-order valence-electron chi connectivity index (χ4n) is 1.19. The Kier molecular flexibility index (Phi) is 3.01. The molecular formula is C10H7FN2O3S. The Morgan fingerprint density at radius 2 is 2.24 bits per heavy atom. The molecule has 0 fully saturated rings. The number of thiazole rings is 1. The molecule has 2 rings (SSSR count). The lowest BCUT2D eigenvalue weighted by molar-refractivity contribution is -0.150. The molecule has 0 spiro atoms. The van der Waals surface area contributed by atoms with Gasteiger partial charge in [0.05, 0.1) is 17.3 Å². The van der Waals surface area contributed by atoms with Gasteiger partial charge in [-0.15, -0.1) is 0 Å². The van der Waals surface area contributed by atoms with Crippen molar-refractivity contribution in [3.63, 3.8) is 0 Å². The van der Waals surface area contributed by atoms with Gasteiger partial charge in [-0.3, -0.25) is 10.1 Å². The van der Waals surface area contributed by atoms with Gasteiger partial charge in [-0.2, -0.15) is 0 Å². The Bertz CT molecular complexity index is 596. The average Bonchev–Trinajstić information content (AvgIpc) is 2.69. The molecule has 0 aliphatic rings. The number of fused-ring (bicyclic) bond motifs is 1. The van der Waals surface area contributed by atoms with Crippen molar-refractivity contribution in [2.24, 2.45) is 0 Å². The number of aromatic nitrogens is 1. The summed E-state index contributed by atoms with van der Waals surface area (Å²) < 4.78 is 17.7. The number of nitrogens with one attached hydrogen (secondary N) is 1. The van der Waals surface area contributed by atoms with Gasteiger partial charge in [0.2, 0.25) is 0 Å². The Hall–Kier alpha value is -2.02. The van der Waals surface area contributed by atoms with Gasteiger partial charge in [-0.1, -0.05) is 11.3 Å². The maximum Gasteiger partial charge on any atom is 0.396 e. The van der Waals surface area contributed by atoms with Crippen molar-refractivity contribution in [3.05, 3.63) is 24.0 Å².